The van der Waals surface area contributed by atoms with Crippen LogP contribution in [0.1, 0.15) is 45.1 Å². The van der Waals surface area contributed by atoms with E-state index in [9.17, 15) is 19.1 Å². The number of carbonyl (C=O) groups excluding carboxylic acids is 2. The summed E-state index contributed by atoms with van der Waals surface area (Å²) >= 11 is 0. The molecule has 0 aliphatic carbocycles. The molecule has 7 heteroatoms. The van der Waals surface area contributed by atoms with Gasteiger partial charge in [0.2, 0.25) is 0 Å². The van der Waals surface area contributed by atoms with Crippen molar-refractivity contribution in [3.63, 3.8) is 0 Å². The zero-order chi connectivity index (χ0) is 24.4. The normalized spacial score (nSPS) is 13.9. The summed E-state index contributed by atoms with van der Waals surface area (Å²) in [4.78, 5) is 24.3. The fourth-order valence-electron chi connectivity index (χ4n) is 3.55. The third-order valence-corrected chi connectivity index (χ3v) is 5.38. The largest absolute Gasteiger partial charge is 0.463 e. The Morgan fingerprint density at radius 1 is 1.03 bits per heavy atom. The molecule has 0 spiro atoms. The van der Waals surface area contributed by atoms with Crippen LogP contribution in [0.4, 0.5) is 4.39 Å². The molecular formula is C26H34FNO5. The Bertz CT molecular complexity index is 903. The van der Waals surface area contributed by atoms with E-state index in [2.05, 4.69) is 13.8 Å². The molecule has 33 heavy (non-hydrogen) atoms. The van der Waals surface area contributed by atoms with Gasteiger partial charge in [0.1, 0.15) is 25.1 Å². The Kier molecular flexibility index (Phi) is 10.5. The van der Waals surface area contributed by atoms with Crippen LogP contribution >= 0.6 is 0 Å². The fourth-order valence-corrected chi connectivity index (χ4v) is 3.55. The first-order valence-electron chi connectivity index (χ1n) is 11.3. The molecule has 3 N–H and O–H groups in total. The second-order valence-electron chi connectivity index (χ2n) is 8.73. The first-order valence-corrected chi connectivity index (χ1v) is 11.3. The molecule has 0 radical (unpaired) electrons. The highest BCUT2D eigenvalue weighted by Crippen LogP contribution is 2.26. The molecule has 2 rings (SSSR count). The van der Waals surface area contributed by atoms with Crippen molar-refractivity contribution in [2.45, 2.75) is 45.6 Å². The standard InChI is InChI=1S/C26H34FNO5/c1-17(2)11-19(14-28)12-25(30)32-15-22(29)16-33-26(31)18(3)21-9-10-23(24(27)13-21)20-7-5-4-6-8-20/h4-10,13,17-19,22,29H,11-12,14-16,28H2,1-3H3/t18?,19-,22?/m0/s1. The Hall–Kier alpha value is -2.77. The van der Waals surface area contributed by atoms with Gasteiger partial charge >= 0.3 is 11.9 Å². The number of aliphatic hydroxyl groups is 1. The summed E-state index contributed by atoms with van der Waals surface area (Å²) < 4.78 is 24.8. The van der Waals surface area contributed by atoms with Gasteiger partial charge in [0.15, 0.2) is 0 Å². The first kappa shape index (κ1) is 26.5. The second-order valence-corrected chi connectivity index (χ2v) is 8.73. The summed E-state index contributed by atoms with van der Waals surface area (Å²) in [6.45, 7) is 5.50. The van der Waals surface area contributed by atoms with E-state index >= 15 is 0 Å². The van der Waals surface area contributed by atoms with Crippen LogP contribution in [0.5, 0.6) is 0 Å². The van der Waals surface area contributed by atoms with Crippen molar-refractivity contribution in [1.82, 2.24) is 0 Å². The van der Waals surface area contributed by atoms with Crippen molar-refractivity contribution in [1.29, 1.82) is 0 Å². The number of hydrogen-bond donors (Lipinski definition) is 2. The van der Waals surface area contributed by atoms with Gasteiger partial charge in [0.05, 0.1) is 5.92 Å². The minimum absolute atomic E-state index is 0.0296. The number of esters is 2. The van der Waals surface area contributed by atoms with Crippen LogP contribution in [0, 0.1) is 17.7 Å². The van der Waals surface area contributed by atoms with E-state index in [0.717, 1.165) is 12.0 Å². The third-order valence-electron chi connectivity index (χ3n) is 5.38. The SMILES string of the molecule is CC(C)C[C@H](CN)CC(=O)OCC(O)COC(=O)C(C)c1ccc(-c2ccccc2)c(F)c1. The average molecular weight is 460 g/mol. The third kappa shape index (κ3) is 8.59. The Morgan fingerprint density at radius 2 is 1.70 bits per heavy atom. The van der Waals surface area contributed by atoms with Crippen LogP contribution in [-0.2, 0) is 19.1 Å². The molecule has 0 aromatic heterocycles. The highest BCUT2D eigenvalue weighted by atomic mass is 19.1. The van der Waals surface area contributed by atoms with E-state index < -0.39 is 29.8 Å². The van der Waals surface area contributed by atoms with Crippen molar-refractivity contribution in [2.75, 3.05) is 19.8 Å². The molecule has 0 heterocycles. The Labute approximate surface area is 194 Å². The second kappa shape index (κ2) is 13.1. The number of benzene rings is 2. The minimum Gasteiger partial charge on any atom is -0.463 e. The molecule has 0 amide bonds. The number of nitrogens with two attached hydrogens (primary N) is 1. The maximum Gasteiger partial charge on any atom is 0.313 e. The lowest BCUT2D eigenvalue weighted by molar-refractivity contribution is -0.153. The summed E-state index contributed by atoms with van der Waals surface area (Å²) in [6, 6.07) is 13.8. The van der Waals surface area contributed by atoms with Crippen molar-refractivity contribution in [2.24, 2.45) is 17.6 Å². The first-order chi connectivity index (χ1) is 15.7. The molecule has 0 aliphatic rings. The maximum absolute atomic E-state index is 14.6. The minimum atomic E-state index is -1.15. The van der Waals surface area contributed by atoms with Gasteiger partial charge in [-0.05, 0) is 48.9 Å². The van der Waals surface area contributed by atoms with Gasteiger partial charge in [-0.1, -0.05) is 56.3 Å². The molecule has 0 saturated heterocycles. The molecule has 0 bridgehead atoms. The predicted octanol–water partition coefficient (Wildman–Crippen LogP) is 4.05. The predicted molar refractivity (Wildman–Crippen MR) is 125 cm³/mol. The maximum atomic E-state index is 14.6. The number of hydrogen-bond acceptors (Lipinski definition) is 6. The number of carbonyl (C=O) groups is 2. The lowest BCUT2D eigenvalue weighted by Crippen LogP contribution is -2.28. The zero-order valence-electron chi connectivity index (χ0n) is 19.5. The van der Waals surface area contributed by atoms with Gasteiger partial charge in [-0.15, -0.1) is 0 Å². The van der Waals surface area contributed by atoms with Crippen molar-refractivity contribution < 1.29 is 28.6 Å². The molecule has 2 aromatic rings. The fraction of sp³-hybridized carbons (Fsp3) is 0.462. The Balaban J connectivity index is 1.81. The van der Waals surface area contributed by atoms with Crippen molar-refractivity contribution in [3.8, 4) is 11.1 Å². The summed E-state index contributed by atoms with van der Waals surface area (Å²) in [5.74, 6) is -1.76. The van der Waals surface area contributed by atoms with Crippen molar-refractivity contribution >= 4 is 11.9 Å². The Morgan fingerprint density at radius 3 is 2.30 bits per heavy atom. The van der Waals surface area contributed by atoms with E-state index in [4.69, 9.17) is 15.2 Å². The van der Waals surface area contributed by atoms with E-state index in [1.54, 1.807) is 19.1 Å². The molecule has 0 fully saturated rings. The van der Waals surface area contributed by atoms with Gasteiger partial charge in [-0.3, -0.25) is 9.59 Å². The number of aliphatic hydroxyl groups excluding tert-OH is 1. The topological polar surface area (TPSA) is 98.9 Å². The highest BCUT2D eigenvalue weighted by Gasteiger charge is 2.21. The number of ether oxygens (including phenoxy) is 2. The van der Waals surface area contributed by atoms with E-state index in [0.29, 0.717) is 23.6 Å². The molecule has 2 unspecified atom stereocenters. The average Bonchev–Trinajstić information content (AvgIpc) is 2.80. The monoisotopic (exact) mass is 459 g/mol. The van der Waals surface area contributed by atoms with Gasteiger partial charge in [-0.25, -0.2) is 4.39 Å². The van der Waals surface area contributed by atoms with Gasteiger partial charge in [-0.2, -0.15) is 0 Å². The van der Waals surface area contributed by atoms with Crippen molar-refractivity contribution in [3.05, 3.63) is 59.9 Å². The van der Waals surface area contributed by atoms with E-state index in [1.807, 2.05) is 30.3 Å². The van der Waals surface area contributed by atoms with Crippen LogP contribution in [0.2, 0.25) is 0 Å². The summed E-state index contributed by atoms with van der Waals surface area (Å²) in [5, 5.41) is 10.0. The quantitative estimate of drug-likeness (QED) is 0.465. The van der Waals surface area contributed by atoms with Gasteiger partial charge in [0, 0.05) is 12.0 Å². The smallest absolute Gasteiger partial charge is 0.313 e. The van der Waals surface area contributed by atoms with E-state index in [1.165, 1.54) is 6.07 Å². The molecule has 0 saturated carbocycles. The highest BCUT2D eigenvalue weighted by molar-refractivity contribution is 5.78. The van der Waals surface area contributed by atoms with Crippen LogP contribution in [0.3, 0.4) is 0 Å². The molecule has 2 aromatic carbocycles. The van der Waals surface area contributed by atoms with Crippen LogP contribution < -0.4 is 5.73 Å². The van der Waals surface area contributed by atoms with Gasteiger partial charge in [0.25, 0.3) is 0 Å². The molecule has 6 nitrogen and oxygen atoms in total. The van der Waals surface area contributed by atoms with Crippen LogP contribution in [-0.4, -0.2) is 42.9 Å². The molecule has 3 atom stereocenters. The lowest BCUT2D eigenvalue weighted by Gasteiger charge is -2.18. The summed E-state index contributed by atoms with van der Waals surface area (Å²) in [7, 11) is 0. The summed E-state index contributed by atoms with van der Waals surface area (Å²) in [6.07, 6.45) is -0.150. The zero-order valence-corrected chi connectivity index (χ0v) is 19.5. The molecule has 180 valence electrons. The van der Waals surface area contributed by atoms with Gasteiger partial charge < -0.3 is 20.3 Å². The number of halogens is 1. The molecule has 0 aliphatic heterocycles. The van der Waals surface area contributed by atoms with Crippen LogP contribution in [0.25, 0.3) is 11.1 Å². The molecular weight excluding hydrogens is 425 g/mol. The van der Waals surface area contributed by atoms with E-state index in [-0.39, 0.29) is 25.6 Å². The van der Waals surface area contributed by atoms with Crippen LogP contribution in [0.15, 0.2) is 48.5 Å². The number of rotatable bonds is 12. The lowest BCUT2D eigenvalue weighted by atomic mass is 9.94. The summed E-state index contributed by atoms with van der Waals surface area (Å²) in [5.41, 5.74) is 7.35.